The van der Waals surface area contributed by atoms with E-state index < -0.39 is 34.9 Å². The van der Waals surface area contributed by atoms with Crippen LogP contribution in [-0.4, -0.2) is 89.1 Å². The molecule has 10 heteroatoms. The van der Waals surface area contributed by atoms with Crippen molar-refractivity contribution in [1.29, 1.82) is 0 Å². The summed E-state index contributed by atoms with van der Waals surface area (Å²) in [4.78, 5) is 32.7. The number of nitrogens with two attached hydrogens (primary N) is 1. The number of benzene rings is 1. The number of hydrogen-bond donors (Lipinski definition) is 2. The molecule has 1 aromatic carbocycles. The second-order valence-corrected chi connectivity index (χ2v) is 11.5. The fourth-order valence-corrected chi connectivity index (χ4v) is 5.49. The molecule has 1 aromatic rings. The molecule has 4 rings (SSSR count). The van der Waals surface area contributed by atoms with Gasteiger partial charge in [0.1, 0.15) is 17.0 Å². The van der Waals surface area contributed by atoms with Crippen LogP contribution >= 0.6 is 0 Å². The molecule has 2 amide bonds. The molecule has 0 aromatic heterocycles. The number of piperidine rings is 1. The van der Waals surface area contributed by atoms with E-state index in [2.05, 4.69) is 9.89 Å². The topological polar surface area (TPSA) is 108 Å². The first-order valence-electron chi connectivity index (χ1n) is 13.2. The molecule has 3 aliphatic rings. The predicted octanol–water partition coefficient (Wildman–Crippen LogP) is 2.94. The van der Waals surface area contributed by atoms with Gasteiger partial charge in [-0.3, -0.25) is 14.6 Å². The predicted molar refractivity (Wildman–Crippen MR) is 141 cm³/mol. The number of hydrogen-bond acceptors (Lipinski definition) is 6. The molecule has 0 bridgehead atoms. The normalized spacial score (nSPS) is 27.0. The molecule has 38 heavy (non-hydrogen) atoms. The van der Waals surface area contributed by atoms with Gasteiger partial charge in [-0.2, -0.15) is 0 Å². The Balaban J connectivity index is 1.30. The summed E-state index contributed by atoms with van der Waals surface area (Å²) in [5.74, 6) is -1.75. The molecule has 3 aliphatic heterocycles. The number of primary amides is 1. The Morgan fingerprint density at radius 2 is 2.00 bits per heavy atom. The number of rotatable bonds is 8. The lowest BCUT2D eigenvalue weighted by atomic mass is 9.96. The van der Waals surface area contributed by atoms with E-state index in [1.54, 1.807) is 26.1 Å². The first kappa shape index (κ1) is 28.3. The van der Waals surface area contributed by atoms with Gasteiger partial charge in [-0.05, 0) is 71.2 Å². The number of aliphatic hydroxyl groups excluding tert-OH is 1. The number of nitrogens with zero attached hydrogens (tertiary/aromatic N) is 3. The van der Waals surface area contributed by atoms with Crippen LogP contribution in [0.15, 0.2) is 29.3 Å². The lowest BCUT2D eigenvalue weighted by Crippen LogP contribution is -2.54. The monoisotopic (exact) mass is 532 g/mol. The number of carbonyl (C=O) groups excluding carboxylic acids is 2. The molecule has 8 nitrogen and oxygen atoms in total. The molecule has 3 N–H and O–H groups in total. The minimum Gasteiger partial charge on any atom is -0.391 e. The van der Waals surface area contributed by atoms with E-state index in [0.29, 0.717) is 36.8 Å². The van der Waals surface area contributed by atoms with Crippen LogP contribution in [0.4, 0.5) is 8.78 Å². The Morgan fingerprint density at radius 1 is 1.29 bits per heavy atom. The highest BCUT2D eigenvalue weighted by Crippen LogP contribution is 2.32. The van der Waals surface area contributed by atoms with Gasteiger partial charge in [0.25, 0.3) is 5.91 Å². The fourth-order valence-electron chi connectivity index (χ4n) is 5.49. The van der Waals surface area contributed by atoms with Crippen LogP contribution in [0.3, 0.4) is 0 Å². The quantitative estimate of drug-likeness (QED) is 0.535. The molecule has 3 atom stereocenters. The van der Waals surface area contributed by atoms with Gasteiger partial charge in [-0.25, -0.2) is 8.78 Å². The zero-order valence-corrected chi connectivity index (χ0v) is 22.3. The molecule has 0 radical (unpaired) electrons. The van der Waals surface area contributed by atoms with Crippen LogP contribution in [-0.2, 0) is 9.53 Å². The highest BCUT2D eigenvalue weighted by atomic mass is 19.1. The van der Waals surface area contributed by atoms with Crippen LogP contribution in [0.5, 0.6) is 0 Å². The van der Waals surface area contributed by atoms with Crippen molar-refractivity contribution in [3.63, 3.8) is 0 Å². The Hall–Kier alpha value is -2.69. The zero-order chi connectivity index (χ0) is 27.7. The zero-order valence-electron chi connectivity index (χ0n) is 22.3. The van der Waals surface area contributed by atoms with Gasteiger partial charge < -0.3 is 25.4 Å². The SMILES string of the molecule is CC(C)(F)CN1CCC(COC2C=NC(c3ccc(C(=O)N4CC(O)CC4(C)C(N)=O)c(F)c3)=CC2)CC1. The van der Waals surface area contributed by atoms with Crippen molar-refractivity contribution >= 4 is 23.7 Å². The van der Waals surface area contributed by atoms with Gasteiger partial charge >= 0.3 is 0 Å². The van der Waals surface area contributed by atoms with E-state index in [1.807, 2.05) is 6.08 Å². The number of likely N-dealkylation sites (tertiary alicyclic amines) is 2. The van der Waals surface area contributed by atoms with Crippen molar-refractivity contribution in [2.24, 2.45) is 16.6 Å². The summed E-state index contributed by atoms with van der Waals surface area (Å²) < 4.78 is 35.0. The minimum atomic E-state index is -1.38. The standard InChI is InChI=1S/C28H38F2N4O4/c1-27(2,30)17-33-10-8-18(9-11-33)16-38-21-5-7-24(32-14-21)19-4-6-22(23(29)12-19)25(36)34-15-20(35)13-28(34,3)26(31)37/h4,6-7,12,14,18,20-21,35H,5,8-11,13,15-17H2,1-3H3,(H2,31,37). The third kappa shape index (κ3) is 6.47. The summed E-state index contributed by atoms with van der Waals surface area (Å²) in [6.07, 6.45) is 5.08. The second-order valence-electron chi connectivity index (χ2n) is 11.5. The lowest BCUT2D eigenvalue weighted by molar-refractivity contribution is -0.126. The fraction of sp³-hybridized carbons (Fsp3) is 0.607. The summed E-state index contributed by atoms with van der Waals surface area (Å²) in [6.45, 7) is 7.41. The summed E-state index contributed by atoms with van der Waals surface area (Å²) in [5.41, 5.74) is 3.82. The number of ether oxygens (including phenoxy) is 1. The number of alkyl halides is 1. The number of β-amino-alcohol motifs (C(OH)–C–C–N with tert-alkyl or cyclic N) is 1. The Kier molecular flexibility index (Phi) is 8.34. The molecular weight excluding hydrogens is 494 g/mol. The van der Waals surface area contributed by atoms with Crippen molar-refractivity contribution in [2.45, 2.75) is 69.9 Å². The maximum absolute atomic E-state index is 15.0. The molecule has 208 valence electrons. The number of aliphatic imine (C=N–C) groups is 1. The Labute approximate surface area is 222 Å². The number of carbonyl (C=O) groups is 2. The Morgan fingerprint density at radius 3 is 2.58 bits per heavy atom. The third-order valence-electron chi connectivity index (χ3n) is 7.67. The molecule has 2 saturated heterocycles. The van der Waals surface area contributed by atoms with E-state index in [-0.39, 0.29) is 24.6 Å². The smallest absolute Gasteiger partial charge is 0.257 e. The first-order chi connectivity index (χ1) is 17.9. The van der Waals surface area contributed by atoms with E-state index in [4.69, 9.17) is 10.5 Å². The summed E-state index contributed by atoms with van der Waals surface area (Å²) in [5, 5.41) is 10.0. The van der Waals surface area contributed by atoms with E-state index in [0.717, 1.165) is 30.8 Å². The maximum atomic E-state index is 15.0. The molecule has 3 unspecified atom stereocenters. The number of aliphatic hydroxyl groups is 1. The van der Waals surface area contributed by atoms with Gasteiger partial charge in [-0.1, -0.05) is 12.1 Å². The maximum Gasteiger partial charge on any atom is 0.257 e. The summed E-state index contributed by atoms with van der Waals surface area (Å²) in [6, 6.07) is 4.23. The van der Waals surface area contributed by atoms with Crippen molar-refractivity contribution in [3.05, 3.63) is 41.2 Å². The first-order valence-corrected chi connectivity index (χ1v) is 13.2. The molecular formula is C28H38F2N4O4. The van der Waals surface area contributed by atoms with Crippen LogP contribution in [0.1, 0.15) is 62.4 Å². The van der Waals surface area contributed by atoms with Gasteiger partial charge in [0.05, 0.1) is 30.1 Å². The van der Waals surface area contributed by atoms with Gasteiger partial charge in [0.2, 0.25) is 5.91 Å². The van der Waals surface area contributed by atoms with Crippen LogP contribution in [0, 0.1) is 11.7 Å². The van der Waals surface area contributed by atoms with Crippen LogP contribution in [0.25, 0.3) is 5.70 Å². The highest BCUT2D eigenvalue weighted by Gasteiger charge is 2.49. The number of halogens is 2. The average molecular weight is 533 g/mol. The van der Waals surface area contributed by atoms with E-state index in [9.17, 15) is 19.1 Å². The van der Waals surface area contributed by atoms with Crippen molar-refractivity contribution in [2.75, 3.05) is 32.8 Å². The van der Waals surface area contributed by atoms with Crippen molar-refractivity contribution in [3.8, 4) is 0 Å². The lowest BCUT2D eigenvalue weighted by Gasteiger charge is -2.34. The van der Waals surface area contributed by atoms with Crippen LogP contribution < -0.4 is 5.73 Å². The van der Waals surface area contributed by atoms with Gasteiger partial charge in [-0.15, -0.1) is 0 Å². The van der Waals surface area contributed by atoms with Crippen molar-refractivity contribution < 1.29 is 28.2 Å². The largest absolute Gasteiger partial charge is 0.391 e. The summed E-state index contributed by atoms with van der Waals surface area (Å²) >= 11 is 0. The average Bonchev–Trinajstić information content (AvgIpc) is 3.18. The summed E-state index contributed by atoms with van der Waals surface area (Å²) in [7, 11) is 0. The minimum absolute atomic E-state index is 0.00922. The van der Waals surface area contributed by atoms with Crippen LogP contribution in [0.2, 0.25) is 0 Å². The molecule has 0 saturated carbocycles. The van der Waals surface area contributed by atoms with Crippen molar-refractivity contribution in [1.82, 2.24) is 9.80 Å². The second kappa shape index (κ2) is 11.2. The molecule has 0 aliphatic carbocycles. The van der Waals surface area contributed by atoms with E-state index >= 15 is 4.39 Å². The third-order valence-corrected chi connectivity index (χ3v) is 7.67. The Bertz CT molecular complexity index is 1110. The van der Waals surface area contributed by atoms with E-state index in [1.165, 1.54) is 19.1 Å². The highest BCUT2D eigenvalue weighted by molar-refractivity contribution is 5.99. The number of amides is 2. The molecule has 2 fully saturated rings. The van der Waals surface area contributed by atoms with Gasteiger partial charge in [0, 0.05) is 31.3 Å². The van der Waals surface area contributed by atoms with Gasteiger partial charge in [0.15, 0.2) is 0 Å². The molecule has 3 heterocycles. The molecule has 0 spiro atoms.